The van der Waals surface area contributed by atoms with Gasteiger partial charge in [0, 0.05) is 13.2 Å². The molecular formula is C11H13NOS. The Labute approximate surface area is 88.1 Å². The van der Waals surface area contributed by atoms with Crippen molar-refractivity contribution in [2.45, 2.75) is 19.3 Å². The van der Waals surface area contributed by atoms with E-state index in [2.05, 4.69) is 22.9 Å². The molecule has 2 heterocycles. The topological polar surface area (TPSA) is 33.0 Å². The lowest BCUT2D eigenvalue weighted by atomic mass is 9.77. The number of hydrogen-bond donors (Lipinski definition) is 0. The summed E-state index contributed by atoms with van der Waals surface area (Å²) in [5, 5.41) is 13.4. The second-order valence-electron chi connectivity index (χ2n) is 3.81. The standard InChI is InChI=1S/C11H13NOS/c12-9-11(2-4-13-5-3-11)7-10-1-6-14-8-10/h1,6,8H,2-5,7H2. The van der Waals surface area contributed by atoms with Gasteiger partial charge in [-0.25, -0.2) is 0 Å². The quantitative estimate of drug-likeness (QED) is 0.746. The molecule has 0 aromatic carbocycles. The van der Waals surface area contributed by atoms with Crippen LogP contribution in [0, 0.1) is 16.7 Å². The monoisotopic (exact) mass is 207 g/mol. The first-order valence-corrected chi connectivity index (χ1v) is 5.79. The molecule has 14 heavy (non-hydrogen) atoms. The van der Waals surface area contributed by atoms with Crippen LogP contribution >= 0.6 is 11.3 Å². The molecule has 0 bridgehead atoms. The zero-order chi connectivity index (χ0) is 9.86. The van der Waals surface area contributed by atoms with E-state index in [-0.39, 0.29) is 5.41 Å². The lowest BCUT2D eigenvalue weighted by molar-refractivity contribution is 0.0407. The Morgan fingerprint density at radius 2 is 2.29 bits per heavy atom. The molecule has 0 amide bonds. The molecule has 0 radical (unpaired) electrons. The Hall–Kier alpha value is -0.850. The Morgan fingerprint density at radius 1 is 1.50 bits per heavy atom. The number of hydrogen-bond acceptors (Lipinski definition) is 3. The van der Waals surface area contributed by atoms with Gasteiger partial charge in [0.2, 0.25) is 0 Å². The van der Waals surface area contributed by atoms with E-state index in [1.54, 1.807) is 11.3 Å². The van der Waals surface area contributed by atoms with Gasteiger partial charge < -0.3 is 4.74 Å². The van der Waals surface area contributed by atoms with Crippen LogP contribution in [0.3, 0.4) is 0 Å². The zero-order valence-electron chi connectivity index (χ0n) is 8.03. The molecule has 0 spiro atoms. The van der Waals surface area contributed by atoms with E-state index in [1.807, 2.05) is 0 Å². The highest BCUT2D eigenvalue weighted by molar-refractivity contribution is 7.07. The van der Waals surface area contributed by atoms with E-state index in [0.717, 1.165) is 32.5 Å². The van der Waals surface area contributed by atoms with Crippen LogP contribution in [-0.4, -0.2) is 13.2 Å². The maximum absolute atomic E-state index is 9.24. The van der Waals surface area contributed by atoms with Crippen molar-refractivity contribution in [2.75, 3.05) is 13.2 Å². The maximum atomic E-state index is 9.24. The van der Waals surface area contributed by atoms with Crippen molar-refractivity contribution < 1.29 is 4.74 Å². The molecule has 2 rings (SSSR count). The number of ether oxygens (including phenoxy) is 1. The van der Waals surface area contributed by atoms with E-state index in [0.29, 0.717) is 0 Å². The number of nitrogens with zero attached hydrogens (tertiary/aromatic N) is 1. The summed E-state index contributed by atoms with van der Waals surface area (Å²) in [6.07, 6.45) is 2.63. The third-order valence-corrected chi connectivity index (χ3v) is 3.54. The van der Waals surface area contributed by atoms with Crippen molar-refractivity contribution in [1.29, 1.82) is 5.26 Å². The highest BCUT2D eigenvalue weighted by atomic mass is 32.1. The molecule has 0 atom stereocenters. The number of nitriles is 1. The molecular weight excluding hydrogens is 194 g/mol. The Morgan fingerprint density at radius 3 is 2.86 bits per heavy atom. The van der Waals surface area contributed by atoms with Gasteiger partial charge in [0.25, 0.3) is 0 Å². The average molecular weight is 207 g/mol. The molecule has 0 N–H and O–H groups in total. The predicted octanol–water partition coefficient (Wildman–Crippen LogP) is 2.61. The molecule has 2 nitrogen and oxygen atoms in total. The van der Waals surface area contributed by atoms with Crippen molar-refractivity contribution in [2.24, 2.45) is 5.41 Å². The Bertz CT molecular complexity index is 320. The lowest BCUT2D eigenvalue weighted by Crippen LogP contribution is -2.30. The Kier molecular flexibility index (Phi) is 2.85. The molecule has 1 aromatic heterocycles. The minimum atomic E-state index is -0.167. The van der Waals surface area contributed by atoms with Gasteiger partial charge in [-0.2, -0.15) is 16.6 Å². The van der Waals surface area contributed by atoms with E-state index < -0.39 is 0 Å². The van der Waals surface area contributed by atoms with Crippen LogP contribution < -0.4 is 0 Å². The average Bonchev–Trinajstić information content (AvgIpc) is 2.72. The molecule has 0 aliphatic carbocycles. The van der Waals surface area contributed by atoms with Crippen LogP contribution in [0.25, 0.3) is 0 Å². The molecule has 1 aromatic rings. The second-order valence-corrected chi connectivity index (χ2v) is 4.59. The summed E-state index contributed by atoms with van der Waals surface area (Å²) in [4.78, 5) is 0. The fourth-order valence-electron chi connectivity index (χ4n) is 1.87. The van der Waals surface area contributed by atoms with Gasteiger partial charge >= 0.3 is 0 Å². The molecule has 1 aliphatic rings. The van der Waals surface area contributed by atoms with E-state index in [4.69, 9.17) is 4.74 Å². The van der Waals surface area contributed by atoms with Gasteiger partial charge in [0.1, 0.15) is 0 Å². The van der Waals surface area contributed by atoms with Gasteiger partial charge in [0.05, 0.1) is 11.5 Å². The molecule has 0 unspecified atom stereocenters. The van der Waals surface area contributed by atoms with Crippen molar-refractivity contribution in [3.05, 3.63) is 22.4 Å². The summed E-state index contributed by atoms with van der Waals surface area (Å²) in [6.45, 7) is 1.47. The minimum absolute atomic E-state index is 0.167. The fourth-order valence-corrected chi connectivity index (χ4v) is 2.54. The van der Waals surface area contributed by atoms with Gasteiger partial charge in [-0.05, 0) is 41.7 Å². The smallest absolute Gasteiger partial charge is 0.0695 e. The number of rotatable bonds is 2. The summed E-state index contributed by atoms with van der Waals surface area (Å²) in [5.74, 6) is 0. The SMILES string of the molecule is N#CC1(Cc2ccsc2)CCOCC1. The summed E-state index contributed by atoms with van der Waals surface area (Å²) in [6, 6.07) is 4.59. The van der Waals surface area contributed by atoms with Crippen molar-refractivity contribution in [1.82, 2.24) is 0 Å². The molecule has 3 heteroatoms. The van der Waals surface area contributed by atoms with E-state index >= 15 is 0 Å². The lowest BCUT2D eigenvalue weighted by Gasteiger charge is -2.30. The second kappa shape index (κ2) is 4.12. The van der Waals surface area contributed by atoms with E-state index in [1.165, 1.54) is 5.56 Å². The first kappa shape index (κ1) is 9.70. The highest BCUT2D eigenvalue weighted by Crippen LogP contribution is 2.33. The number of thiophene rings is 1. The molecule has 1 saturated heterocycles. The molecule has 0 saturated carbocycles. The van der Waals surface area contributed by atoms with Crippen LogP contribution in [0.15, 0.2) is 16.8 Å². The normalized spacial score (nSPS) is 20.2. The van der Waals surface area contributed by atoms with Crippen molar-refractivity contribution >= 4 is 11.3 Å². The largest absolute Gasteiger partial charge is 0.381 e. The Balaban J connectivity index is 2.09. The van der Waals surface area contributed by atoms with Gasteiger partial charge in [-0.15, -0.1) is 0 Å². The third-order valence-electron chi connectivity index (χ3n) is 2.81. The summed E-state index contributed by atoms with van der Waals surface area (Å²) < 4.78 is 5.30. The highest BCUT2D eigenvalue weighted by Gasteiger charge is 2.32. The molecule has 74 valence electrons. The van der Waals surface area contributed by atoms with Gasteiger partial charge in [0.15, 0.2) is 0 Å². The van der Waals surface area contributed by atoms with Crippen LogP contribution in [-0.2, 0) is 11.2 Å². The maximum Gasteiger partial charge on any atom is 0.0695 e. The zero-order valence-corrected chi connectivity index (χ0v) is 8.85. The van der Waals surface area contributed by atoms with Gasteiger partial charge in [-0.1, -0.05) is 0 Å². The predicted molar refractivity (Wildman–Crippen MR) is 56.1 cm³/mol. The van der Waals surface area contributed by atoms with Crippen molar-refractivity contribution in [3.8, 4) is 6.07 Å². The first-order chi connectivity index (χ1) is 6.85. The first-order valence-electron chi connectivity index (χ1n) is 4.85. The fraction of sp³-hybridized carbons (Fsp3) is 0.545. The van der Waals surface area contributed by atoms with Gasteiger partial charge in [-0.3, -0.25) is 0 Å². The van der Waals surface area contributed by atoms with Crippen LogP contribution in [0.2, 0.25) is 0 Å². The molecule has 1 aliphatic heterocycles. The summed E-state index contributed by atoms with van der Waals surface area (Å²) >= 11 is 1.70. The third kappa shape index (κ3) is 1.97. The van der Waals surface area contributed by atoms with Crippen LogP contribution in [0.5, 0.6) is 0 Å². The summed E-state index contributed by atoms with van der Waals surface area (Å²) in [5.41, 5.74) is 1.12. The van der Waals surface area contributed by atoms with Crippen LogP contribution in [0.1, 0.15) is 18.4 Å². The summed E-state index contributed by atoms with van der Waals surface area (Å²) in [7, 11) is 0. The van der Waals surface area contributed by atoms with Crippen molar-refractivity contribution in [3.63, 3.8) is 0 Å². The molecule has 1 fully saturated rings. The van der Waals surface area contributed by atoms with E-state index in [9.17, 15) is 5.26 Å². The van der Waals surface area contributed by atoms with Crippen LogP contribution in [0.4, 0.5) is 0 Å². The minimum Gasteiger partial charge on any atom is -0.381 e.